The van der Waals surface area contributed by atoms with Gasteiger partial charge in [-0.05, 0) is 66.6 Å². The summed E-state index contributed by atoms with van der Waals surface area (Å²) in [6, 6.07) is 14.9. The maximum absolute atomic E-state index is 14.4. The number of nitrogen functional groups attached to an aromatic ring is 1. The fourth-order valence-electron chi connectivity index (χ4n) is 4.56. The first kappa shape index (κ1) is 25.4. The molecule has 0 aliphatic carbocycles. The van der Waals surface area contributed by atoms with Crippen LogP contribution in [0, 0.1) is 24.6 Å². The SMILES string of the molecule is COc1ccc(F)cc1[C@H](C(=O)Nc1ccccn1)N1Cc2ccc(C#Cc3ccc(N)nc3)c(C)c2C1=O. The van der Waals surface area contributed by atoms with Gasteiger partial charge in [-0.1, -0.05) is 24.0 Å². The highest BCUT2D eigenvalue weighted by Gasteiger charge is 2.40. The van der Waals surface area contributed by atoms with Crippen molar-refractivity contribution in [2.75, 3.05) is 18.2 Å². The number of rotatable bonds is 5. The fraction of sp³-hybridized carbons (Fsp3) is 0.133. The quantitative estimate of drug-likeness (QED) is 0.380. The van der Waals surface area contributed by atoms with Gasteiger partial charge in [-0.25, -0.2) is 14.4 Å². The molecule has 0 saturated heterocycles. The molecule has 4 aromatic rings. The second-order valence-corrected chi connectivity index (χ2v) is 8.92. The number of pyridine rings is 2. The molecule has 0 unspecified atom stereocenters. The van der Waals surface area contributed by atoms with E-state index in [1.807, 2.05) is 19.1 Å². The summed E-state index contributed by atoms with van der Waals surface area (Å²) in [7, 11) is 1.43. The maximum atomic E-state index is 14.4. The molecule has 5 rings (SSSR count). The number of anilines is 2. The minimum Gasteiger partial charge on any atom is -0.496 e. The zero-order valence-electron chi connectivity index (χ0n) is 21.2. The fourth-order valence-corrected chi connectivity index (χ4v) is 4.56. The monoisotopic (exact) mass is 521 g/mol. The molecule has 0 saturated carbocycles. The first-order chi connectivity index (χ1) is 18.9. The van der Waals surface area contributed by atoms with Gasteiger partial charge in [-0.2, -0.15) is 0 Å². The van der Waals surface area contributed by atoms with E-state index in [0.29, 0.717) is 33.9 Å². The van der Waals surface area contributed by atoms with E-state index in [-0.39, 0.29) is 23.8 Å². The first-order valence-electron chi connectivity index (χ1n) is 12.1. The van der Waals surface area contributed by atoms with Crippen LogP contribution < -0.4 is 15.8 Å². The number of benzene rings is 2. The van der Waals surface area contributed by atoms with E-state index < -0.39 is 17.8 Å². The Bertz CT molecular complexity index is 1630. The van der Waals surface area contributed by atoms with E-state index >= 15 is 0 Å². The molecule has 8 nitrogen and oxygen atoms in total. The molecule has 1 aliphatic rings. The zero-order chi connectivity index (χ0) is 27.5. The van der Waals surface area contributed by atoms with Gasteiger partial charge in [0.1, 0.15) is 29.2 Å². The number of methoxy groups -OCH3 is 1. The summed E-state index contributed by atoms with van der Waals surface area (Å²) < 4.78 is 19.9. The molecule has 0 bridgehead atoms. The minimum absolute atomic E-state index is 0.143. The van der Waals surface area contributed by atoms with Crippen molar-refractivity contribution >= 4 is 23.5 Å². The van der Waals surface area contributed by atoms with E-state index in [0.717, 1.165) is 5.56 Å². The van der Waals surface area contributed by atoms with Crippen LogP contribution >= 0.6 is 0 Å². The Morgan fingerprint density at radius 2 is 1.97 bits per heavy atom. The lowest BCUT2D eigenvalue weighted by Crippen LogP contribution is -2.38. The van der Waals surface area contributed by atoms with Crippen molar-refractivity contribution in [3.8, 4) is 17.6 Å². The van der Waals surface area contributed by atoms with Crippen molar-refractivity contribution in [3.63, 3.8) is 0 Å². The largest absolute Gasteiger partial charge is 0.496 e. The van der Waals surface area contributed by atoms with E-state index in [1.54, 1.807) is 36.5 Å². The number of nitrogens with two attached hydrogens (primary N) is 1. The topological polar surface area (TPSA) is 110 Å². The van der Waals surface area contributed by atoms with Crippen molar-refractivity contribution in [1.82, 2.24) is 14.9 Å². The normalized spacial score (nSPS) is 12.8. The number of nitrogens with zero attached hydrogens (tertiary/aromatic N) is 3. The van der Waals surface area contributed by atoms with Crippen LogP contribution in [0.3, 0.4) is 0 Å². The number of amides is 2. The Hall–Kier alpha value is -5.23. The van der Waals surface area contributed by atoms with Gasteiger partial charge in [-0.15, -0.1) is 0 Å². The summed E-state index contributed by atoms with van der Waals surface area (Å²) in [5.74, 6) is 5.64. The molecule has 0 radical (unpaired) electrons. The Morgan fingerprint density at radius 1 is 1.13 bits per heavy atom. The van der Waals surface area contributed by atoms with Crippen molar-refractivity contribution in [1.29, 1.82) is 0 Å². The third-order valence-corrected chi connectivity index (χ3v) is 6.46. The minimum atomic E-state index is -1.19. The maximum Gasteiger partial charge on any atom is 0.255 e. The van der Waals surface area contributed by atoms with Crippen molar-refractivity contribution in [3.05, 3.63) is 112 Å². The van der Waals surface area contributed by atoms with Gasteiger partial charge in [0.25, 0.3) is 11.8 Å². The lowest BCUT2D eigenvalue weighted by molar-refractivity contribution is -0.120. The van der Waals surface area contributed by atoms with Crippen LogP contribution in [0.4, 0.5) is 16.0 Å². The highest BCUT2D eigenvalue weighted by Crippen LogP contribution is 2.38. The number of hydrogen-bond acceptors (Lipinski definition) is 6. The smallest absolute Gasteiger partial charge is 0.255 e. The molecular weight excluding hydrogens is 497 g/mol. The molecule has 9 heteroatoms. The lowest BCUT2D eigenvalue weighted by Gasteiger charge is -2.28. The van der Waals surface area contributed by atoms with E-state index in [1.165, 1.54) is 36.4 Å². The molecule has 1 atom stereocenters. The third kappa shape index (κ3) is 5.13. The lowest BCUT2D eigenvalue weighted by atomic mass is 9.98. The van der Waals surface area contributed by atoms with Crippen molar-refractivity contribution < 1.29 is 18.7 Å². The molecule has 2 amide bonds. The van der Waals surface area contributed by atoms with Crippen LogP contribution in [-0.2, 0) is 11.3 Å². The average molecular weight is 522 g/mol. The Kier molecular flexibility index (Phi) is 6.93. The second kappa shape index (κ2) is 10.6. The highest BCUT2D eigenvalue weighted by molar-refractivity contribution is 6.05. The summed E-state index contributed by atoms with van der Waals surface area (Å²) in [5, 5.41) is 2.74. The molecule has 2 aromatic heterocycles. The summed E-state index contributed by atoms with van der Waals surface area (Å²) in [6.45, 7) is 1.96. The van der Waals surface area contributed by atoms with Crippen LogP contribution in [0.25, 0.3) is 0 Å². The standard InChI is InChI=1S/C30H24FN5O3/c1-18-20(8-6-19-7-13-25(32)34-16-19)9-10-21-17-36(30(38)27(18)21)28(23-15-22(31)11-12-24(23)39-2)29(37)35-26-5-3-4-14-33-26/h3-5,7,9-16,28H,17H2,1-2H3,(H2,32,34)(H,33,35,37)/t28-/m1/s1. The van der Waals surface area contributed by atoms with Gasteiger partial charge in [-0.3, -0.25) is 9.59 Å². The van der Waals surface area contributed by atoms with Gasteiger partial charge in [0, 0.05) is 41.2 Å². The summed E-state index contributed by atoms with van der Waals surface area (Å²) in [6.07, 6.45) is 3.12. The van der Waals surface area contributed by atoms with Gasteiger partial charge < -0.3 is 20.7 Å². The number of carbonyl (C=O) groups is 2. The van der Waals surface area contributed by atoms with Gasteiger partial charge in [0.05, 0.1) is 7.11 Å². The zero-order valence-corrected chi connectivity index (χ0v) is 21.2. The number of ether oxygens (including phenoxy) is 1. The molecule has 1 aliphatic heterocycles. The number of fused-ring (bicyclic) bond motifs is 1. The number of hydrogen-bond donors (Lipinski definition) is 2. The molecule has 0 fully saturated rings. The average Bonchev–Trinajstić information content (AvgIpc) is 3.26. The predicted octanol–water partition coefficient (Wildman–Crippen LogP) is 4.25. The van der Waals surface area contributed by atoms with Crippen LogP contribution in [-0.4, -0.2) is 33.8 Å². The number of halogens is 1. The molecule has 39 heavy (non-hydrogen) atoms. The second-order valence-electron chi connectivity index (χ2n) is 8.92. The van der Waals surface area contributed by atoms with Gasteiger partial charge in [0.2, 0.25) is 0 Å². The molecule has 0 spiro atoms. The highest BCUT2D eigenvalue weighted by atomic mass is 19.1. The van der Waals surface area contributed by atoms with Crippen LogP contribution in [0.1, 0.15) is 44.2 Å². The van der Waals surface area contributed by atoms with Crippen molar-refractivity contribution in [2.45, 2.75) is 19.5 Å². The number of carbonyl (C=O) groups excluding carboxylic acids is 2. The van der Waals surface area contributed by atoms with Crippen LogP contribution in [0.15, 0.2) is 73.1 Å². The van der Waals surface area contributed by atoms with Crippen molar-refractivity contribution in [2.24, 2.45) is 0 Å². The number of nitrogens with one attached hydrogen (secondary N) is 1. The molecular formula is C30H24FN5O3. The van der Waals surface area contributed by atoms with E-state index in [9.17, 15) is 14.0 Å². The summed E-state index contributed by atoms with van der Waals surface area (Å²) in [4.78, 5) is 37.1. The van der Waals surface area contributed by atoms with E-state index in [2.05, 4.69) is 27.1 Å². The van der Waals surface area contributed by atoms with Gasteiger partial charge >= 0.3 is 0 Å². The molecule has 3 N–H and O–H groups in total. The van der Waals surface area contributed by atoms with Crippen LogP contribution in [0.2, 0.25) is 0 Å². The Morgan fingerprint density at radius 3 is 2.69 bits per heavy atom. The van der Waals surface area contributed by atoms with E-state index in [4.69, 9.17) is 10.5 Å². The Balaban J connectivity index is 1.53. The third-order valence-electron chi connectivity index (χ3n) is 6.46. The number of aromatic nitrogens is 2. The molecule has 194 valence electrons. The Labute approximate surface area is 224 Å². The molecule has 3 heterocycles. The first-order valence-corrected chi connectivity index (χ1v) is 12.1. The summed E-state index contributed by atoms with van der Waals surface area (Å²) in [5.41, 5.74) is 9.10. The van der Waals surface area contributed by atoms with Crippen LogP contribution in [0.5, 0.6) is 5.75 Å². The predicted molar refractivity (Wildman–Crippen MR) is 144 cm³/mol. The summed E-state index contributed by atoms with van der Waals surface area (Å²) >= 11 is 0. The molecule has 2 aromatic carbocycles. The van der Waals surface area contributed by atoms with Gasteiger partial charge in [0.15, 0.2) is 0 Å².